The Hall–Kier alpha value is -2.60. The molecule has 6 heteroatoms. The number of para-hydroxylation sites is 1. The number of nitrogens with zero attached hydrogens (tertiary/aromatic N) is 3. The molecule has 6 nitrogen and oxygen atoms in total. The molecule has 0 saturated carbocycles. The SMILES string of the molecule is CN1CCCN(c2ccc(CNC(=O)[C@@H]3COc4ccccc4C3)cn2)CC1. The number of fused-ring (bicyclic) bond motifs is 1. The van der Waals surface area contributed by atoms with Crippen LogP contribution in [0.4, 0.5) is 5.82 Å². The van der Waals surface area contributed by atoms with Crippen molar-refractivity contribution in [3.63, 3.8) is 0 Å². The molecule has 0 aliphatic carbocycles. The summed E-state index contributed by atoms with van der Waals surface area (Å²) in [5, 5.41) is 3.04. The van der Waals surface area contributed by atoms with Crippen LogP contribution in [-0.2, 0) is 17.8 Å². The molecule has 1 saturated heterocycles. The van der Waals surface area contributed by atoms with Crippen LogP contribution in [-0.4, -0.2) is 55.6 Å². The van der Waals surface area contributed by atoms with Crippen molar-refractivity contribution < 1.29 is 9.53 Å². The van der Waals surface area contributed by atoms with Crippen molar-refractivity contribution in [3.05, 3.63) is 53.7 Å². The van der Waals surface area contributed by atoms with Crippen LogP contribution in [0, 0.1) is 5.92 Å². The van der Waals surface area contributed by atoms with Crippen LogP contribution in [0.5, 0.6) is 5.75 Å². The molecule has 2 aliphatic rings. The number of carbonyl (C=O) groups is 1. The van der Waals surface area contributed by atoms with Crippen LogP contribution in [0.2, 0.25) is 0 Å². The minimum absolute atomic E-state index is 0.0362. The topological polar surface area (TPSA) is 57.7 Å². The predicted octanol–water partition coefficient (Wildman–Crippen LogP) is 2.09. The van der Waals surface area contributed by atoms with Gasteiger partial charge in [0.05, 0.1) is 5.92 Å². The molecular formula is C22H28N4O2. The molecule has 0 unspecified atom stereocenters. The predicted molar refractivity (Wildman–Crippen MR) is 110 cm³/mol. The molecule has 0 bridgehead atoms. The van der Waals surface area contributed by atoms with Gasteiger partial charge in [-0.05, 0) is 49.7 Å². The summed E-state index contributed by atoms with van der Waals surface area (Å²) >= 11 is 0. The highest BCUT2D eigenvalue weighted by Crippen LogP contribution is 2.26. The quantitative estimate of drug-likeness (QED) is 0.880. The lowest BCUT2D eigenvalue weighted by molar-refractivity contribution is -0.126. The van der Waals surface area contributed by atoms with E-state index in [1.165, 1.54) is 0 Å². The van der Waals surface area contributed by atoms with Crippen molar-refractivity contribution >= 4 is 11.7 Å². The second-order valence-corrected chi connectivity index (χ2v) is 7.71. The van der Waals surface area contributed by atoms with Gasteiger partial charge < -0.3 is 19.9 Å². The number of likely N-dealkylation sites (N-methyl/N-ethyl adjacent to an activating group) is 1. The zero-order valence-corrected chi connectivity index (χ0v) is 16.4. The first-order chi connectivity index (χ1) is 13.7. The minimum atomic E-state index is -0.142. The van der Waals surface area contributed by atoms with E-state index in [0.717, 1.165) is 61.7 Å². The summed E-state index contributed by atoms with van der Waals surface area (Å²) in [7, 11) is 2.17. The summed E-state index contributed by atoms with van der Waals surface area (Å²) < 4.78 is 5.73. The lowest BCUT2D eigenvalue weighted by Crippen LogP contribution is -2.37. The fourth-order valence-corrected chi connectivity index (χ4v) is 3.81. The van der Waals surface area contributed by atoms with E-state index in [2.05, 4.69) is 39.3 Å². The standard InChI is InChI=1S/C22H28N4O2/c1-25-9-4-10-26(12-11-25)21-8-7-17(14-23-21)15-24-22(27)19-13-18-5-2-3-6-20(18)28-16-19/h2-3,5-8,14,19H,4,9-13,15-16H2,1H3,(H,24,27)/t19-/m0/s1. The van der Waals surface area contributed by atoms with Crippen molar-refractivity contribution in [2.75, 3.05) is 44.7 Å². The number of ether oxygens (including phenoxy) is 1. The van der Waals surface area contributed by atoms with Crippen LogP contribution in [0.3, 0.4) is 0 Å². The van der Waals surface area contributed by atoms with Crippen molar-refractivity contribution in [1.82, 2.24) is 15.2 Å². The summed E-state index contributed by atoms with van der Waals surface area (Å²) in [6.07, 6.45) is 3.75. The zero-order chi connectivity index (χ0) is 19.3. The first-order valence-corrected chi connectivity index (χ1v) is 10.1. The summed E-state index contributed by atoms with van der Waals surface area (Å²) in [6, 6.07) is 12.0. The normalized spacial score (nSPS) is 20.0. The molecule has 2 aromatic rings. The van der Waals surface area contributed by atoms with Gasteiger partial charge in [0, 0.05) is 32.4 Å². The molecule has 1 amide bonds. The average Bonchev–Trinajstić information content (AvgIpc) is 2.96. The Labute approximate surface area is 166 Å². The fraction of sp³-hybridized carbons (Fsp3) is 0.455. The first-order valence-electron chi connectivity index (χ1n) is 10.1. The Morgan fingerprint density at radius 2 is 2.07 bits per heavy atom. The van der Waals surface area contributed by atoms with Gasteiger partial charge in [-0.3, -0.25) is 4.79 Å². The molecule has 28 heavy (non-hydrogen) atoms. The van der Waals surface area contributed by atoms with E-state index in [1.807, 2.05) is 30.5 Å². The van der Waals surface area contributed by atoms with Crippen LogP contribution >= 0.6 is 0 Å². The van der Waals surface area contributed by atoms with E-state index in [-0.39, 0.29) is 11.8 Å². The number of aromatic nitrogens is 1. The van der Waals surface area contributed by atoms with E-state index in [0.29, 0.717) is 13.2 Å². The fourth-order valence-electron chi connectivity index (χ4n) is 3.81. The summed E-state index contributed by atoms with van der Waals surface area (Å²) in [4.78, 5) is 21.9. The lowest BCUT2D eigenvalue weighted by atomic mass is 9.96. The average molecular weight is 380 g/mol. The molecular weight excluding hydrogens is 352 g/mol. The van der Waals surface area contributed by atoms with Gasteiger partial charge in [-0.25, -0.2) is 4.98 Å². The van der Waals surface area contributed by atoms with Gasteiger partial charge in [0.1, 0.15) is 18.2 Å². The highest BCUT2D eigenvalue weighted by molar-refractivity contribution is 5.79. The van der Waals surface area contributed by atoms with Crippen molar-refractivity contribution in [1.29, 1.82) is 0 Å². The summed E-state index contributed by atoms with van der Waals surface area (Å²) in [6.45, 7) is 5.16. The Morgan fingerprint density at radius 1 is 1.18 bits per heavy atom. The molecule has 1 N–H and O–H groups in total. The molecule has 4 rings (SSSR count). The molecule has 1 aromatic heterocycles. The zero-order valence-electron chi connectivity index (χ0n) is 16.4. The highest BCUT2D eigenvalue weighted by atomic mass is 16.5. The van der Waals surface area contributed by atoms with Gasteiger partial charge in [-0.1, -0.05) is 24.3 Å². The van der Waals surface area contributed by atoms with Crippen LogP contribution in [0.25, 0.3) is 0 Å². The van der Waals surface area contributed by atoms with Gasteiger partial charge in [-0.15, -0.1) is 0 Å². The van der Waals surface area contributed by atoms with E-state index in [1.54, 1.807) is 0 Å². The van der Waals surface area contributed by atoms with E-state index in [4.69, 9.17) is 4.74 Å². The maximum Gasteiger partial charge on any atom is 0.227 e. The van der Waals surface area contributed by atoms with E-state index < -0.39 is 0 Å². The Kier molecular flexibility index (Phi) is 5.76. The number of anilines is 1. The number of pyridine rings is 1. The number of hydrogen-bond donors (Lipinski definition) is 1. The van der Waals surface area contributed by atoms with Gasteiger partial charge in [-0.2, -0.15) is 0 Å². The van der Waals surface area contributed by atoms with Gasteiger partial charge in [0.2, 0.25) is 5.91 Å². The Morgan fingerprint density at radius 3 is 2.93 bits per heavy atom. The minimum Gasteiger partial charge on any atom is -0.492 e. The number of rotatable bonds is 4. The number of amides is 1. The summed E-state index contributed by atoms with van der Waals surface area (Å²) in [5.74, 6) is 1.80. The van der Waals surface area contributed by atoms with Crippen LogP contribution in [0.15, 0.2) is 42.6 Å². The Bertz CT molecular complexity index is 808. The van der Waals surface area contributed by atoms with Gasteiger partial charge in [0.15, 0.2) is 0 Å². The molecule has 1 aromatic carbocycles. The van der Waals surface area contributed by atoms with E-state index in [9.17, 15) is 4.79 Å². The Balaban J connectivity index is 1.30. The maximum atomic E-state index is 12.5. The number of hydrogen-bond acceptors (Lipinski definition) is 5. The lowest BCUT2D eigenvalue weighted by Gasteiger charge is -2.24. The van der Waals surface area contributed by atoms with Crippen LogP contribution in [0.1, 0.15) is 17.5 Å². The maximum absolute atomic E-state index is 12.5. The monoisotopic (exact) mass is 380 g/mol. The largest absolute Gasteiger partial charge is 0.492 e. The van der Waals surface area contributed by atoms with Crippen LogP contribution < -0.4 is 15.0 Å². The second-order valence-electron chi connectivity index (χ2n) is 7.71. The van der Waals surface area contributed by atoms with Crippen molar-refractivity contribution in [3.8, 4) is 5.75 Å². The number of nitrogens with one attached hydrogen (secondary N) is 1. The third kappa shape index (κ3) is 4.44. The van der Waals surface area contributed by atoms with Crippen molar-refractivity contribution in [2.45, 2.75) is 19.4 Å². The highest BCUT2D eigenvalue weighted by Gasteiger charge is 2.25. The molecule has 2 aliphatic heterocycles. The molecule has 148 valence electrons. The third-order valence-electron chi connectivity index (χ3n) is 5.57. The smallest absolute Gasteiger partial charge is 0.227 e. The number of benzene rings is 1. The molecule has 0 spiro atoms. The summed E-state index contributed by atoms with van der Waals surface area (Å²) in [5.41, 5.74) is 2.11. The molecule has 0 radical (unpaired) electrons. The first kappa shape index (κ1) is 18.7. The van der Waals surface area contributed by atoms with Gasteiger partial charge >= 0.3 is 0 Å². The molecule has 3 heterocycles. The van der Waals surface area contributed by atoms with Gasteiger partial charge in [0.25, 0.3) is 0 Å². The second kappa shape index (κ2) is 8.61. The number of carbonyl (C=O) groups excluding carboxylic acids is 1. The molecule has 1 fully saturated rings. The van der Waals surface area contributed by atoms with E-state index >= 15 is 0 Å². The third-order valence-corrected chi connectivity index (χ3v) is 5.57. The molecule has 1 atom stereocenters. The van der Waals surface area contributed by atoms with Crippen molar-refractivity contribution in [2.24, 2.45) is 5.92 Å².